The van der Waals surface area contributed by atoms with E-state index in [2.05, 4.69) is 5.32 Å². The molecule has 3 nitrogen and oxygen atoms in total. The monoisotopic (exact) mass is 329 g/mol. The number of carbonyl (C=O) groups excluding carboxylic acids is 1. The van der Waals surface area contributed by atoms with Crippen LogP contribution in [0, 0.1) is 0 Å². The Morgan fingerprint density at radius 3 is 2.28 bits per heavy atom. The van der Waals surface area contributed by atoms with Crippen LogP contribution in [0.5, 0.6) is 5.75 Å². The van der Waals surface area contributed by atoms with Crippen molar-refractivity contribution < 1.29 is 9.90 Å². The summed E-state index contributed by atoms with van der Waals surface area (Å²) in [6, 6.07) is 24.8. The van der Waals surface area contributed by atoms with Gasteiger partial charge in [0.15, 0.2) is 0 Å². The number of hydrogen-bond donors (Lipinski definition) is 2. The van der Waals surface area contributed by atoms with Gasteiger partial charge in [0.05, 0.1) is 5.69 Å². The molecule has 3 aromatic carbocycles. The lowest BCUT2D eigenvalue weighted by Gasteiger charge is -2.09. The smallest absolute Gasteiger partial charge is 0.228 e. The summed E-state index contributed by atoms with van der Waals surface area (Å²) in [7, 11) is 0. The minimum atomic E-state index is -0.173. The highest BCUT2D eigenvalue weighted by Gasteiger charge is 2.07. The van der Waals surface area contributed by atoms with Crippen molar-refractivity contribution in [1.29, 1.82) is 0 Å². The second kappa shape index (κ2) is 7.97. The minimum Gasteiger partial charge on any atom is -0.506 e. The van der Waals surface area contributed by atoms with E-state index in [1.165, 1.54) is 0 Å². The van der Waals surface area contributed by atoms with E-state index in [4.69, 9.17) is 0 Å². The molecule has 0 aromatic heterocycles. The first-order valence-corrected chi connectivity index (χ1v) is 8.12. The van der Waals surface area contributed by atoms with E-state index in [0.29, 0.717) is 5.69 Å². The number of rotatable bonds is 5. The van der Waals surface area contributed by atoms with E-state index in [0.717, 1.165) is 16.7 Å². The van der Waals surface area contributed by atoms with Crippen molar-refractivity contribution in [3.63, 3.8) is 0 Å². The number of phenolic OH excluding ortho intramolecular Hbond substituents is 1. The quantitative estimate of drug-likeness (QED) is 0.640. The predicted molar refractivity (Wildman–Crippen MR) is 102 cm³/mol. The van der Waals surface area contributed by atoms with Crippen LogP contribution < -0.4 is 5.32 Å². The third kappa shape index (κ3) is 4.58. The van der Waals surface area contributed by atoms with Gasteiger partial charge in [0, 0.05) is 6.42 Å². The molecule has 25 heavy (non-hydrogen) atoms. The van der Waals surface area contributed by atoms with Crippen molar-refractivity contribution in [2.24, 2.45) is 0 Å². The fourth-order valence-electron chi connectivity index (χ4n) is 2.51. The summed E-state index contributed by atoms with van der Waals surface area (Å²) in [6.07, 6.45) is 3.95. The van der Waals surface area contributed by atoms with Gasteiger partial charge in [-0.3, -0.25) is 4.79 Å². The summed E-state index contributed by atoms with van der Waals surface area (Å²) in [5, 5.41) is 12.8. The Labute approximate surface area is 147 Å². The molecule has 0 atom stereocenters. The highest BCUT2D eigenvalue weighted by atomic mass is 16.3. The van der Waals surface area contributed by atoms with E-state index in [1.807, 2.05) is 78.9 Å². The molecule has 0 fully saturated rings. The first-order chi connectivity index (χ1) is 12.2. The molecule has 2 N–H and O–H groups in total. The van der Waals surface area contributed by atoms with Gasteiger partial charge in [0.2, 0.25) is 5.91 Å². The van der Waals surface area contributed by atoms with Gasteiger partial charge in [0.1, 0.15) is 5.75 Å². The van der Waals surface area contributed by atoms with Crippen LogP contribution in [-0.2, 0) is 4.79 Å². The van der Waals surface area contributed by atoms with Gasteiger partial charge < -0.3 is 10.4 Å². The Hall–Kier alpha value is -3.33. The van der Waals surface area contributed by atoms with Crippen LogP contribution >= 0.6 is 0 Å². The third-order valence-electron chi connectivity index (χ3n) is 3.79. The maximum atomic E-state index is 12.1. The average molecular weight is 329 g/mol. The third-order valence-corrected chi connectivity index (χ3v) is 3.79. The van der Waals surface area contributed by atoms with Gasteiger partial charge in [-0.25, -0.2) is 0 Å². The zero-order valence-corrected chi connectivity index (χ0v) is 13.7. The number of hydrogen-bond acceptors (Lipinski definition) is 2. The summed E-state index contributed by atoms with van der Waals surface area (Å²) in [5.41, 5.74) is 3.43. The Morgan fingerprint density at radius 1 is 0.880 bits per heavy atom. The van der Waals surface area contributed by atoms with Crippen LogP contribution in [0.2, 0.25) is 0 Å². The van der Waals surface area contributed by atoms with Gasteiger partial charge in [-0.1, -0.05) is 78.9 Å². The van der Waals surface area contributed by atoms with Gasteiger partial charge >= 0.3 is 0 Å². The molecule has 0 saturated carbocycles. The fraction of sp³-hybridized carbons (Fsp3) is 0.0455. The van der Waals surface area contributed by atoms with Gasteiger partial charge in [0.25, 0.3) is 0 Å². The molecule has 0 spiro atoms. The van der Waals surface area contributed by atoms with Crippen LogP contribution in [0.3, 0.4) is 0 Å². The van der Waals surface area contributed by atoms with E-state index >= 15 is 0 Å². The van der Waals surface area contributed by atoms with Crippen molar-refractivity contribution >= 4 is 17.7 Å². The summed E-state index contributed by atoms with van der Waals surface area (Å²) in [5.74, 6) is -0.118. The minimum absolute atomic E-state index is 0.0556. The first-order valence-electron chi connectivity index (χ1n) is 8.12. The zero-order valence-electron chi connectivity index (χ0n) is 13.7. The van der Waals surface area contributed by atoms with E-state index < -0.39 is 0 Å². The molecule has 1 amide bonds. The van der Waals surface area contributed by atoms with E-state index in [1.54, 1.807) is 12.1 Å². The van der Waals surface area contributed by atoms with E-state index in [9.17, 15) is 9.90 Å². The summed E-state index contributed by atoms with van der Waals surface area (Å²) >= 11 is 0. The molecule has 3 rings (SSSR count). The molecule has 0 aliphatic rings. The van der Waals surface area contributed by atoms with Crippen LogP contribution in [0.15, 0.2) is 84.9 Å². The van der Waals surface area contributed by atoms with Gasteiger partial charge in [-0.15, -0.1) is 0 Å². The van der Waals surface area contributed by atoms with Gasteiger partial charge in [-0.2, -0.15) is 0 Å². The summed E-state index contributed by atoms with van der Waals surface area (Å²) < 4.78 is 0. The topological polar surface area (TPSA) is 49.3 Å². The molecule has 0 heterocycles. The molecular weight excluding hydrogens is 310 g/mol. The van der Waals surface area contributed by atoms with Crippen LogP contribution in [0.1, 0.15) is 12.0 Å². The maximum absolute atomic E-state index is 12.1. The summed E-state index contributed by atoms with van der Waals surface area (Å²) in [6.45, 7) is 0. The Kier molecular flexibility index (Phi) is 5.27. The van der Waals surface area contributed by atoms with Crippen molar-refractivity contribution in [3.05, 3.63) is 90.5 Å². The molecule has 0 aliphatic heterocycles. The van der Waals surface area contributed by atoms with E-state index in [-0.39, 0.29) is 18.1 Å². The maximum Gasteiger partial charge on any atom is 0.228 e. The van der Waals surface area contributed by atoms with Crippen molar-refractivity contribution in [2.75, 3.05) is 5.32 Å². The molecule has 0 unspecified atom stereocenters. The number of amides is 1. The van der Waals surface area contributed by atoms with Crippen LogP contribution in [0.4, 0.5) is 5.69 Å². The highest BCUT2D eigenvalue weighted by molar-refractivity contribution is 5.94. The molecule has 124 valence electrons. The lowest BCUT2D eigenvalue weighted by molar-refractivity contribution is -0.115. The second-order valence-corrected chi connectivity index (χ2v) is 5.66. The number of benzene rings is 3. The first kappa shape index (κ1) is 16.5. The average Bonchev–Trinajstić information content (AvgIpc) is 2.65. The molecule has 0 saturated heterocycles. The largest absolute Gasteiger partial charge is 0.506 e. The lowest BCUT2D eigenvalue weighted by Crippen LogP contribution is -2.10. The highest BCUT2D eigenvalue weighted by Crippen LogP contribution is 2.29. The standard InChI is InChI=1S/C22H19NO2/c24-21-15-14-19(18-11-5-2-6-12-18)16-20(21)23-22(25)13-7-10-17-8-3-1-4-9-17/h1-12,14-16,24H,13H2,(H,23,25)/b10-7+. The van der Waals surface area contributed by atoms with Crippen molar-refractivity contribution in [2.45, 2.75) is 6.42 Å². The SMILES string of the molecule is O=C(C/C=C/c1ccccc1)Nc1cc(-c2ccccc2)ccc1O. The Bertz CT molecular complexity index is 871. The van der Waals surface area contributed by atoms with Crippen LogP contribution in [0.25, 0.3) is 17.2 Å². The molecular formula is C22H19NO2. The Balaban J connectivity index is 1.68. The molecule has 3 heteroatoms. The molecule has 0 bridgehead atoms. The summed E-state index contributed by atoms with van der Waals surface area (Å²) in [4.78, 5) is 12.1. The predicted octanol–water partition coefficient (Wildman–Crippen LogP) is 5.10. The normalized spacial score (nSPS) is 10.7. The van der Waals surface area contributed by atoms with Crippen LogP contribution in [-0.4, -0.2) is 11.0 Å². The number of carbonyl (C=O) groups is 1. The number of nitrogens with one attached hydrogen (secondary N) is 1. The van der Waals surface area contributed by atoms with Crippen molar-refractivity contribution in [1.82, 2.24) is 0 Å². The number of anilines is 1. The molecule has 0 aliphatic carbocycles. The lowest BCUT2D eigenvalue weighted by atomic mass is 10.0. The van der Waals surface area contributed by atoms with Crippen molar-refractivity contribution in [3.8, 4) is 16.9 Å². The fourth-order valence-corrected chi connectivity index (χ4v) is 2.51. The molecule has 0 radical (unpaired) electrons. The number of phenols is 1. The Morgan fingerprint density at radius 2 is 1.56 bits per heavy atom. The van der Waals surface area contributed by atoms with Gasteiger partial charge in [-0.05, 0) is 28.8 Å². The zero-order chi connectivity index (χ0) is 17.5. The second-order valence-electron chi connectivity index (χ2n) is 5.66. The number of aromatic hydroxyl groups is 1. The molecule has 3 aromatic rings.